The van der Waals surface area contributed by atoms with Gasteiger partial charge in [0.25, 0.3) is 0 Å². The number of nitrogens with zero attached hydrogens (tertiary/aromatic N) is 1. The van der Waals surface area contributed by atoms with Crippen LogP contribution in [-0.4, -0.2) is 42.0 Å². The Morgan fingerprint density at radius 1 is 1.38 bits per heavy atom. The summed E-state index contributed by atoms with van der Waals surface area (Å²) in [4.78, 5) is 16.4. The molecule has 8 heteroatoms. The number of alkyl carbamates (subject to hydrolysis) is 1. The van der Waals surface area contributed by atoms with E-state index < -0.39 is 11.7 Å². The molecule has 1 fully saturated rings. The first-order valence-corrected chi connectivity index (χ1v) is 8.52. The van der Waals surface area contributed by atoms with Crippen molar-refractivity contribution in [3.05, 3.63) is 24.0 Å². The number of thiazole rings is 1. The Labute approximate surface area is 143 Å². The summed E-state index contributed by atoms with van der Waals surface area (Å²) in [6.45, 7) is 6.29. The van der Waals surface area contributed by atoms with Crippen molar-refractivity contribution in [2.75, 3.05) is 18.5 Å². The van der Waals surface area contributed by atoms with Gasteiger partial charge < -0.3 is 20.1 Å². The van der Waals surface area contributed by atoms with Gasteiger partial charge in [-0.3, -0.25) is 0 Å². The summed E-state index contributed by atoms with van der Waals surface area (Å²) in [5.41, 5.74) is 0.184. The zero-order valence-corrected chi connectivity index (χ0v) is 14.6. The third kappa shape index (κ3) is 4.12. The van der Waals surface area contributed by atoms with Crippen molar-refractivity contribution < 1.29 is 18.7 Å². The summed E-state index contributed by atoms with van der Waals surface area (Å²) >= 11 is 1.37. The van der Waals surface area contributed by atoms with Crippen molar-refractivity contribution in [2.45, 2.75) is 38.5 Å². The van der Waals surface area contributed by atoms with Gasteiger partial charge in [0, 0.05) is 0 Å². The predicted molar refractivity (Wildman–Crippen MR) is 91.0 cm³/mol. The Hall–Kier alpha value is -1.93. The van der Waals surface area contributed by atoms with Crippen LogP contribution in [0, 0.1) is 5.82 Å². The van der Waals surface area contributed by atoms with E-state index in [2.05, 4.69) is 15.6 Å². The molecule has 130 valence electrons. The van der Waals surface area contributed by atoms with Crippen molar-refractivity contribution >= 4 is 32.8 Å². The van der Waals surface area contributed by atoms with Gasteiger partial charge in [-0.25, -0.2) is 14.2 Å². The second kappa shape index (κ2) is 6.52. The molecule has 0 spiro atoms. The molecule has 2 aromatic rings. The lowest BCUT2D eigenvalue weighted by Gasteiger charge is -2.24. The Balaban J connectivity index is 1.65. The van der Waals surface area contributed by atoms with Crippen LogP contribution in [0.2, 0.25) is 0 Å². The molecule has 24 heavy (non-hydrogen) atoms. The van der Waals surface area contributed by atoms with Crippen LogP contribution >= 0.6 is 11.3 Å². The lowest BCUT2D eigenvalue weighted by atomic mass is 10.2. The van der Waals surface area contributed by atoms with Crippen LogP contribution in [0.15, 0.2) is 18.2 Å². The maximum atomic E-state index is 13.3. The van der Waals surface area contributed by atoms with Crippen LogP contribution in [0.25, 0.3) is 10.2 Å². The van der Waals surface area contributed by atoms with Crippen LogP contribution in [0.3, 0.4) is 0 Å². The fourth-order valence-electron chi connectivity index (χ4n) is 2.42. The zero-order valence-electron chi connectivity index (χ0n) is 13.8. The van der Waals surface area contributed by atoms with Crippen molar-refractivity contribution in [1.82, 2.24) is 10.3 Å². The lowest BCUT2D eigenvalue weighted by molar-refractivity contribution is 0.0497. The minimum Gasteiger partial charge on any atom is -0.444 e. The SMILES string of the molecule is CC(C)(C)OC(=O)NC1COCC1Nc1nc2ccc(F)cc2s1. The molecule has 2 unspecified atom stereocenters. The van der Waals surface area contributed by atoms with Gasteiger partial charge in [-0.15, -0.1) is 0 Å². The number of anilines is 1. The van der Waals surface area contributed by atoms with E-state index >= 15 is 0 Å². The number of ether oxygens (including phenoxy) is 2. The molecule has 0 radical (unpaired) electrons. The van der Waals surface area contributed by atoms with E-state index in [0.717, 1.165) is 10.2 Å². The minimum absolute atomic E-state index is 0.122. The summed E-state index contributed by atoms with van der Waals surface area (Å²) in [6, 6.07) is 4.15. The third-order valence-electron chi connectivity index (χ3n) is 3.44. The fourth-order valence-corrected chi connectivity index (χ4v) is 3.37. The van der Waals surface area contributed by atoms with E-state index in [0.29, 0.717) is 18.3 Å². The monoisotopic (exact) mass is 353 g/mol. The van der Waals surface area contributed by atoms with Crippen molar-refractivity contribution in [3.63, 3.8) is 0 Å². The van der Waals surface area contributed by atoms with Crippen LogP contribution in [-0.2, 0) is 9.47 Å². The second-order valence-electron chi connectivity index (χ2n) is 6.67. The number of hydrogen-bond acceptors (Lipinski definition) is 6. The van der Waals surface area contributed by atoms with Gasteiger partial charge >= 0.3 is 6.09 Å². The summed E-state index contributed by atoms with van der Waals surface area (Å²) in [5, 5.41) is 6.74. The number of aromatic nitrogens is 1. The Morgan fingerprint density at radius 2 is 2.12 bits per heavy atom. The molecule has 1 aromatic carbocycles. The molecule has 0 bridgehead atoms. The molecule has 2 heterocycles. The number of amides is 1. The predicted octanol–water partition coefficient (Wildman–Crippen LogP) is 3.14. The number of benzene rings is 1. The Bertz CT molecular complexity index is 744. The van der Waals surface area contributed by atoms with Crippen LogP contribution in [0.1, 0.15) is 20.8 Å². The summed E-state index contributed by atoms with van der Waals surface area (Å²) < 4.78 is 24.8. The average Bonchev–Trinajstić information content (AvgIpc) is 3.03. The van der Waals surface area contributed by atoms with E-state index in [4.69, 9.17) is 9.47 Å². The summed E-state index contributed by atoms with van der Waals surface area (Å²) in [7, 11) is 0. The van der Waals surface area contributed by atoms with Gasteiger partial charge in [0.15, 0.2) is 5.13 Å². The number of carbonyl (C=O) groups is 1. The van der Waals surface area contributed by atoms with E-state index in [1.807, 2.05) is 20.8 Å². The Kier molecular flexibility index (Phi) is 4.60. The first-order valence-electron chi connectivity index (χ1n) is 7.70. The molecule has 0 aliphatic carbocycles. The number of fused-ring (bicyclic) bond motifs is 1. The van der Waals surface area contributed by atoms with Crippen molar-refractivity contribution in [3.8, 4) is 0 Å². The smallest absolute Gasteiger partial charge is 0.408 e. The number of carbonyl (C=O) groups excluding carboxylic acids is 1. The molecular weight excluding hydrogens is 333 g/mol. The van der Waals surface area contributed by atoms with E-state index in [-0.39, 0.29) is 17.9 Å². The number of rotatable bonds is 3. The molecular formula is C16H20FN3O3S. The highest BCUT2D eigenvalue weighted by Gasteiger charge is 2.31. The standard InChI is InChI=1S/C16H20FN3O3S/c1-16(2,3)23-15(21)20-12-8-22-7-11(12)19-14-18-10-5-4-9(17)6-13(10)24-14/h4-6,11-12H,7-8H2,1-3H3,(H,18,19)(H,20,21). The zero-order chi connectivity index (χ0) is 17.3. The maximum Gasteiger partial charge on any atom is 0.408 e. The van der Waals surface area contributed by atoms with E-state index in [9.17, 15) is 9.18 Å². The Morgan fingerprint density at radius 3 is 2.88 bits per heavy atom. The molecule has 2 N–H and O–H groups in total. The van der Waals surface area contributed by atoms with Gasteiger partial charge in [0.2, 0.25) is 0 Å². The summed E-state index contributed by atoms with van der Waals surface area (Å²) in [6.07, 6.45) is -0.476. The molecule has 1 aromatic heterocycles. The first-order chi connectivity index (χ1) is 11.3. The van der Waals surface area contributed by atoms with Crippen LogP contribution in [0.4, 0.5) is 14.3 Å². The first kappa shape index (κ1) is 16.9. The van der Waals surface area contributed by atoms with E-state index in [1.54, 1.807) is 6.07 Å². The van der Waals surface area contributed by atoms with Crippen LogP contribution < -0.4 is 10.6 Å². The maximum absolute atomic E-state index is 13.3. The highest BCUT2D eigenvalue weighted by atomic mass is 32.1. The van der Waals surface area contributed by atoms with Crippen LogP contribution in [0.5, 0.6) is 0 Å². The van der Waals surface area contributed by atoms with Gasteiger partial charge in [-0.1, -0.05) is 11.3 Å². The number of halogens is 1. The normalized spacial score (nSPS) is 21.0. The molecule has 1 aliphatic heterocycles. The highest BCUT2D eigenvalue weighted by molar-refractivity contribution is 7.22. The molecule has 3 rings (SSSR count). The van der Waals surface area contributed by atoms with Gasteiger partial charge in [0.05, 0.1) is 35.5 Å². The highest BCUT2D eigenvalue weighted by Crippen LogP contribution is 2.27. The second-order valence-corrected chi connectivity index (χ2v) is 7.70. The largest absolute Gasteiger partial charge is 0.444 e. The molecule has 6 nitrogen and oxygen atoms in total. The molecule has 1 amide bonds. The molecule has 1 saturated heterocycles. The third-order valence-corrected chi connectivity index (χ3v) is 4.39. The quantitative estimate of drug-likeness (QED) is 0.887. The van der Waals surface area contributed by atoms with Gasteiger partial charge in [0.1, 0.15) is 11.4 Å². The minimum atomic E-state index is -0.552. The topological polar surface area (TPSA) is 72.5 Å². The molecule has 0 saturated carbocycles. The molecule has 2 atom stereocenters. The number of nitrogens with one attached hydrogen (secondary N) is 2. The van der Waals surface area contributed by atoms with Crippen molar-refractivity contribution in [1.29, 1.82) is 0 Å². The van der Waals surface area contributed by atoms with Gasteiger partial charge in [-0.2, -0.15) is 0 Å². The fraction of sp³-hybridized carbons (Fsp3) is 0.500. The van der Waals surface area contributed by atoms with E-state index in [1.165, 1.54) is 23.5 Å². The van der Waals surface area contributed by atoms with Crippen molar-refractivity contribution in [2.24, 2.45) is 0 Å². The lowest BCUT2D eigenvalue weighted by Crippen LogP contribution is -2.47. The summed E-state index contributed by atoms with van der Waals surface area (Å²) in [5.74, 6) is -0.286. The van der Waals surface area contributed by atoms with Gasteiger partial charge in [-0.05, 0) is 39.0 Å². The molecule has 1 aliphatic rings. The average molecular weight is 353 g/mol. The number of hydrogen-bond donors (Lipinski definition) is 2.